The maximum absolute atomic E-state index is 5.68. The lowest BCUT2D eigenvalue weighted by Gasteiger charge is -2.49. The quantitative estimate of drug-likeness (QED) is 0.924. The summed E-state index contributed by atoms with van der Waals surface area (Å²) in [4.78, 5) is 2.77. The lowest BCUT2D eigenvalue weighted by atomic mass is 9.85. The average Bonchev–Trinajstić information content (AvgIpc) is 3.11. The summed E-state index contributed by atoms with van der Waals surface area (Å²) in [6, 6.07) is 2.64. The van der Waals surface area contributed by atoms with E-state index >= 15 is 0 Å². The smallest absolute Gasteiger partial charge is 0.108 e. The molecule has 3 aliphatic rings. The number of ether oxygens (including phenoxy) is 1. The molecule has 1 aliphatic carbocycles. The second-order valence-corrected chi connectivity index (χ2v) is 7.51. The molecule has 4 nitrogen and oxygen atoms in total. The van der Waals surface area contributed by atoms with Gasteiger partial charge in [-0.3, -0.25) is 4.90 Å². The van der Waals surface area contributed by atoms with Crippen LogP contribution in [0.5, 0.6) is 0 Å². The van der Waals surface area contributed by atoms with Crippen LogP contribution in [0.15, 0.2) is 16.7 Å². The number of nitrogens with zero attached hydrogens (tertiary/aromatic N) is 1. The van der Waals surface area contributed by atoms with Gasteiger partial charge in [-0.2, -0.15) is 0 Å². The molecule has 0 aromatic carbocycles. The second-order valence-electron chi connectivity index (χ2n) is 7.51. The number of furan rings is 1. The third-order valence-corrected chi connectivity index (χ3v) is 6.18. The first-order valence-corrected chi connectivity index (χ1v) is 9.50. The number of likely N-dealkylation sites (tertiary alicyclic amines) is 1. The van der Waals surface area contributed by atoms with Gasteiger partial charge in [0, 0.05) is 43.3 Å². The molecule has 0 bridgehead atoms. The van der Waals surface area contributed by atoms with E-state index in [1.165, 1.54) is 69.4 Å². The van der Waals surface area contributed by atoms with Gasteiger partial charge in [0.25, 0.3) is 0 Å². The Morgan fingerprint density at radius 1 is 1.13 bits per heavy atom. The van der Waals surface area contributed by atoms with Crippen LogP contribution in [-0.2, 0) is 11.2 Å². The van der Waals surface area contributed by atoms with Crippen molar-refractivity contribution in [1.29, 1.82) is 0 Å². The van der Waals surface area contributed by atoms with Crippen molar-refractivity contribution in [1.82, 2.24) is 10.2 Å². The van der Waals surface area contributed by atoms with Crippen molar-refractivity contribution in [3.63, 3.8) is 0 Å². The van der Waals surface area contributed by atoms with Gasteiger partial charge in [-0.25, -0.2) is 0 Å². The molecule has 2 fully saturated rings. The fraction of sp³-hybridized carbons (Fsp3) is 0.789. The maximum Gasteiger partial charge on any atom is 0.108 e. The minimum atomic E-state index is 0.306. The molecule has 23 heavy (non-hydrogen) atoms. The van der Waals surface area contributed by atoms with Gasteiger partial charge in [-0.05, 0) is 57.7 Å². The molecule has 0 unspecified atom stereocenters. The molecule has 0 radical (unpaired) electrons. The van der Waals surface area contributed by atoms with Crippen molar-refractivity contribution in [2.24, 2.45) is 0 Å². The van der Waals surface area contributed by atoms with Crippen LogP contribution in [0.4, 0.5) is 0 Å². The number of fused-ring (bicyclic) bond motifs is 1. The predicted molar refractivity (Wildman–Crippen MR) is 90.6 cm³/mol. The molecule has 0 saturated carbocycles. The average molecular weight is 318 g/mol. The SMILES string of the molecule is c1cc2c(o1)CCC[C@@H]2NCC1(N2CCCCC2)CCOCC1. The number of hydrogen-bond acceptors (Lipinski definition) is 4. The monoisotopic (exact) mass is 318 g/mol. The first-order chi connectivity index (χ1) is 11.4. The zero-order valence-corrected chi connectivity index (χ0v) is 14.2. The van der Waals surface area contributed by atoms with Gasteiger partial charge in [-0.15, -0.1) is 0 Å². The molecule has 0 amide bonds. The zero-order chi connectivity index (χ0) is 15.5. The number of nitrogens with one attached hydrogen (secondary N) is 1. The topological polar surface area (TPSA) is 37.6 Å². The van der Waals surface area contributed by atoms with Crippen molar-refractivity contribution in [2.45, 2.75) is 62.9 Å². The van der Waals surface area contributed by atoms with Crippen LogP contribution in [0, 0.1) is 0 Å². The van der Waals surface area contributed by atoms with Crippen LogP contribution in [0.25, 0.3) is 0 Å². The second kappa shape index (κ2) is 6.96. The minimum absolute atomic E-state index is 0.306. The van der Waals surface area contributed by atoms with E-state index in [0.29, 0.717) is 11.6 Å². The summed E-state index contributed by atoms with van der Waals surface area (Å²) >= 11 is 0. The van der Waals surface area contributed by atoms with E-state index in [2.05, 4.69) is 16.3 Å². The van der Waals surface area contributed by atoms with Crippen molar-refractivity contribution in [3.05, 3.63) is 23.7 Å². The van der Waals surface area contributed by atoms with Gasteiger partial charge < -0.3 is 14.5 Å². The molecule has 1 atom stereocenters. The van der Waals surface area contributed by atoms with Crippen LogP contribution >= 0.6 is 0 Å². The fourth-order valence-corrected chi connectivity index (χ4v) is 4.74. The molecular formula is C19H30N2O2. The van der Waals surface area contributed by atoms with E-state index in [1.54, 1.807) is 0 Å². The Labute approximate surface area is 139 Å². The molecular weight excluding hydrogens is 288 g/mol. The van der Waals surface area contributed by atoms with Crippen LogP contribution in [0.1, 0.15) is 62.3 Å². The molecule has 4 heteroatoms. The number of hydrogen-bond donors (Lipinski definition) is 1. The zero-order valence-electron chi connectivity index (χ0n) is 14.2. The Bertz CT molecular complexity index is 501. The minimum Gasteiger partial charge on any atom is -0.469 e. The lowest BCUT2D eigenvalue weighted by Crippen LogP contribution is -2.59. The summed E-state index contributed by atoms with van der Waals surface area (Å²) < 4.78 is 11.3. The molecule has 0 spiro atoms. The summed E-state index contributed by atoms with van der Waals surface area (Å²) in [5, 5.41) is 3.91. The Kier molecular flexibility index (Phi) is 4.74. The van der Waals surface area contributed by atoms with E-state index in [9.17, 15) is 0 Å². The molecule has 1 aromatic rings. The van der Waals surface area contributed by atoms with Crippen LogP contribution in [-0.4, -0.2) is 43.3 Å². The number of piperidine rings is 1. The fourth-order valence-electron chi connectivity index (χ4n) is 4.74. The highest BCUT2D eigenvalue weighted by atomic mass is 16.5. The molecule has 1 N–H and O–H groups in total. The third-order valence-electron chi connectivity index (χ3n) is 6.18. The normalized spacial score (nSPS) is 28.4. The Morgan fingerprint density at radius 3 is 2.78 bits per heavy atom. The van der Waals surface area contributed by atoms with Crippen molar-refractivity contribution < 1.29 is 9.15 Å². The Morgan fingerprint density at radius 2 is 1.96 bits per heavy atom. The van der Waals surface area contributed by atoms with E-state index in [-0.39, 0.29) is 0 Å². The first-order valence-electron chi connectivity index (χ1n) is 9.50. The maximum atomic E-state index is 5.68. The van der Waals surface area contributed by atoms with E-state index in [4.69, 9.17) is 9.15 Å². The summed E-state index contributed by atoms with van der Waals surface area (Å²) in [5.74, 6) is 1.20. The van der Waals surface area contributed by atoms with Crippen molar-refractivity contribution >= 4 is 0 Å². The van der Waals surface area contributed by atoms with Crippen molar-refractivity contribution in [2.75, 3.05) is 32.8 Å². The van der Waals surface area contributed by atoms with Gasteiger partial charge in [0.15, 0.2) is 0 Å². The molecule has 2 saturated heterocycles. The van der Waals surface area contributed by atoms with E-state index < -0.39 is 0 Å². The Balaban J connectivity index is 1.46. The van der Waals surface area contributed by atoms with Gasteiger partial charge in [-0.1, -0.05) is 6.42 Å². The standard InChI is InChI=1S/C19H30N2O2/c1-2-10-21(11-3-1)19(8-13-22-14-9-19)15-20-17-5-4-6-18-16(17)7-12-23-18/h7,12,17,20H,1-6,8-11,13-15H2/t17-/m0/s1. The highest BCUT2D eigenvalue weighted by Gasteiger charge is 2.39. The van der Waals surface area contributed by atoms with Gasteiger partial charge >= 0.3 is 0 Å². The first kappa shape index (κ1) is 15.7. The van der Waals surface area contributed by atoms with E-state index in [1.807, 2.05) is 6.26 Å². The third kappa shape index (κ3) is 3.21. The summed E-state index contributed by atoms with van der Waals surface area (Å²) in [7, 11) is 0. The van der Waals surface area contributed by atoms with Crippen LogP contribution < -0.4 is 5.32 Å². The largest absolute Gasteiger partial charge is 0.469 e. The highest BCUT2D eigenvalue weighted by molar-refractivity contribution is 5.24. The molecule has 3 heterocycles. The molecule has 1 aromatic heterocycles. The molecule has 128 valence electrons. The van der Waals surface area contributed by atoms with Crippen LogP contribution in [0.3, 0.4) is 0 Å². The summed E-state index contributed by atoms with van der Waals surface area (Å²) in [6.07, 6.45) is 11.9. The van der Waals surface area contributed by atoms with Crippen molar-refractivity contribution in [3.8, 4) is 0 Å². The van der Waals surface area contributed by atoms with Gasteiger partial charge in [0.1, 0.15) is 5.76 Å². The van der Waals surface area contributed by atoms with Gasteiger partial charge in [0.05, 0.1) is 6.26 Å². The lowest BCUT2D eigenvalue weighted by molar-refractivity contribution is -0.0370. The molecule has 4 rings (SSSR count). The van der Waals surface area contributed by atoms with E-state index in [0.717, 1.165) is 26.2 Å². The summed E-state index contributed by atoms with van der Waals surface area (Å²) in [6.45, 7) is 5.46. The summed E-state index contributed by atoms with van der Waals surface area (Å²) in [5.41, 5.74) is 1.71. The van der Waals surface area contributed by atoms with Crippen LogP contribution in [0.2, 0.25) is 0 Å². The Hall–Kier alpha value is -0.840. The highest BCUT2D eigenvalue weighted by Crippen LogP contribution is 2.34. The number of rotatable bonds is 4. The predicted octanol–water partition coefficient (Wildman–Crippen LogP) is 3.28. The van der Waals surface area contributed by atoms with Gasteiger partial charge in [0.2, 0.25) is 0 Å². The molecule has 2 aliphatic heterocycles. The number of aryl methyl sites for hydroxylation is 1.